The summed E-state index contributed by atoms with van der Waals surface area (Å²) in [5.41, 5.74) is 1.97. The smallest absolute Gasteiger partial charge is 0.121 e. The third-order valence-corrected chi connectivity index (χ3v) is 3.62. The second-order valence-electron chi connectivity index (χ2n) is 4.66. The molecule has 0 fully saturated rings. The molecule has 0 aliphatic heterocycles. The molecule has 0 unspecified atom stereocenters. The molecule has 0 amide bonds. The number of nitrogens with one attached hydrogen (secondary N) is 1. The first-order valence-electron chi connectivity index (χ1n) is 7.17. The van der Waals surface area contributed by atoms with Crippen molar-refractivity contribution < 1.29 is 9.47 Å². The van der Waals surface area contributed by atoms with Gasteiger partial charge in [0, 0.05) is 35.0 Å². The molecule has 0 saturated carbocycles. The summed E-state index contributed by atoms with van der Waals surface area (Å²) in [4.78, 5) is 0. The minimum Gasteiger partial charge on any atom is -0.491 e. The summed E-state index contributed by atoms with van der Waals surface area (Å²) in [6.07, 6.45) is 0. The van der Waals surface area contributed by atoms with Gasteiger partial charge in [-0.1, -0.05) is 35.3 Å². The lowest BCUT2D eigenvalue weighted by Crippen LogP contribution is -2.06. The molecule has 0 bridgehead atoms. The van der Waals surface area contributed by atoms with Gasteiger partial charge in [-0.3, -0.25) is 0 Å². The summed E-state index contributed by atoms with van der Waals surface area (Å²) in [5.74, 6) is 0.812. The number of rotatable bonds is 8. The largest absolute Gasteiger partial charge is 0.491 e. The van der Waals surface area contributed by atoms with E-state index in [0.29, 0.717) is 36.4 Å². The van der Waals surface area contributed by atoms with E-state index in [9.17, 15) is 0 Å². The summed E-state index contributed by atoms with van der Waals surface area (Å²) in [6, 6.07) is 13.3. The number of ether oxygens (including phenoxy) is 2. The predicted octanol–water partition coefficient (Wildman–Crippen LogP) is 5.02. The lowest BCUT2D eigenvalue weighted by atomic mass is 10.2. The van der Waals surface area contributed by atoms with E-state index in [4.69, 9.17) is 32.7 Å². The van der Waals surface area contributed by atoms with Crippen molar-refractivity contribution in [3.8, 4) is 5.75 Å². The molecule has 3 nitrogen and oxygen atoms in total. The van der Waals surface area contributed by atoms with Gasteiger partial charge in [0.1, 0.15) is 12.4 Å². The molecule has 2 rings (SSSR count). The van der Waals surface area contributed by atoms with Gasteiger partial charge in [-0.2, -0.15) is 0 Å². The van der Waals surface area contributed by atoms with E-state index in [-0.39, 0.29) is 0 Å². The fourth-order valence-electron chi connectivity index (χ4n) is 1.92. The molecule has 1 N–H and O–H groups in total. The molecule has 0 heterocycles. The molecular formula is C17H19Cl2NO2. The maximum atomic E-state index is 6.16. The number of anilines is 1. The van der Waals surface area contributed by atoms with Gasteiger partial charge >= 0.3 is 0 Å². The van der Waals surface area contributed by atoms with Crippen LogP contribution in [0.1, 0.15) is 12.5 Å². The fourth-order valence-corrected chi connectivity index (χ4v) is 2.40. The van der Waals surface area contributed by atoms with Crippen LogP contribution in [0.15, 0.2) is 42.5 Å². The molecule has 0 spiro atoms. The number of hydrogen-bond donors (Lipinski definition) is 1. The topological polar surface area (TPSA) is 30.5 Å². The average molecular weight is 340 g/mol. The third kappa shape index (κ3) is 5.41. The van der Waals surface area contributed by atoms with Crippen molar-refractivity contribution in [1.82, 2.24) is 0 Å². The molecule has 0 aliphatic carbocycles. The normalized spacial score (nSPS) is 10.5. The fraction of sp³-hybridized carbons (Fsp3) is 0.294. The molecular weight excluding hydrogens is 321 g/mol. The predicted molar refractivity (Wildman–Crippen MR) is 92.2 cm³/mol. The van der Waals surface area contributed by atoms with E-state index in [0.717, 1.165) is 17.0 Å². The summed E-state index contributed by atoms with van der Waals surface area (Å²) in [6.45, 7) is 4.42. The van der Waals surface area contributed by atoms with E-state index >= 15 is 0 Å². The minimum atomic E-state index is 0.542. The Bertz CT molecular complexity index is 605. The molecule has 2 aromatic rings. The van der Waals surface area contributed by atoms with E-state index in [1.807, 2.05) is 43.3 Å². The Labute approximate surface area is 141 Å². The van der Waals surface area contributed by atoms with Gasteiger partial charge < -0.3 is 14.8 Å². The first-order valence-corrected chi connectivity index (χ1v) is 7.93. The van der Waals surface area contributed by atoms with Crippen molar-refractivity contribution in [2.75, 3.05) is 25.1 Å². The maximum Gasteiger partial charge on any atom is 0.121 e. The Morgan fingerprint density at radius 1 is 1.05 bits per heavy atom. The van der Waals surface area contributed by atoms with Gasteiger partial charge in [-0.15, -0.1) is 0 Å². The lowest BCUT2D eigenvalue weighted by molar-refractivity contribution is 0.110. The first-order chi connectivity index (χ1) is 10.7. The van der Waals surface area contributed by atoms with Crippen LogP contribution in [0, 0.1) is 0 Å². The Hall–Kier alpha value is -1.42. The van der Waals surface area contributed by atoms with E-state index < -0.39 is 0 Å². The standard InChI is InChI=1S/C17H19Cl2NO2/c1-2-21-8-9-22-16-5-3-4-15(11-16)20-12-13-6-7-14(18)10-17(13)19/h3-7,10-11,20H,2,8-9,12H2,1H3. The summed E-state index contributed by atoms with van der Waals surface area (Å²) >= 11 is 12.1. The zero-order chi connectivity index (χ0) is 15.8. The van der Waals surface area contributed by atoms with Crippen LogP contribution in [0.25, 0.3) is 0 Å². The van der Waals surface area contributed by atoms with Gasteiger partial charge in [0.2, 0.25) is 0 Å². The van der Waals surface area contributed by atoms with Crippen LogP contribution in [-0.2, 0) is 11.3 Å². The Kier molecular flexibility index (Phi) is 6.84. The van der Waals surface area contributed by atoms with Crippen LogP contribution in [0.3, 0.4) is 0 Å². The Morgan fingerprint density at radius 3 is 2.68 bits per heavy atom. The molecule has 0 aromatic heterocycles. The molecule has 118 valence electrons. The zero-order valence-corrected chi connectivity index (χ0v) is 14.0. The highest BCUT2D eigenvalue weighted by molar-refractivity contribution is 6.35. The van der Waals surface area contributed by atoms with Crippen LogP contribution in [0.2, 0.25) is 10.0 Å². The molecule has 22 heavy (non-hydrogen) atoms. The number of hydrogen-bond acceptors (Lipinski definition) is 3. The van der Waals surface area contributed by atoms with Crippen LogP contribution in [0.4, 0.5) is 5.69 Å². The molecule has 0 saturated heterocycles. The highest BCUT2D eigenvalue weighted by Crippen LogP contribution is 2.23. The molecule has 0 atom stereocenters. The SMILES string of the molecule is CCOCCOc1cccc(NCc2ccc(Cl)cc2Cl)c1. The Balaban J connectivity index is 1.89. The minimum absolute atomic E-state index is 0.542. The third-order valence-electron chi connectivity index (χ3n) is 3.03. The average Bonchev–Trinajstić information content (AvgIpc) is 2.51. The summed E-state index contributed by atoms with van der Waals surface area (Å²) in [5, 5.41) is 4.62. The molecule has 5 heteroatoms. The highest BCUT2D eigenvalue weighted by atomic mass is 35.5. The summed E-state index contributed by atoms with van der Waals surface area (Å²) < 4.78 is 10.9. The van der Waals surface area contributed by atoms with E-state index in [1.165, 1.54) is 0 Å². The van der Waals surface area contributed by atoms with Crippen LogP contribution in [-0.4, -0.2) is 19.8 Å². The second kappa shape index (κ2) is 8.89. The van der Waals surface area contributed by atoms with Gasteiger partial charge in [-0.25, -0.2) is 0 Å². The highest BCUT2D eigenvalue weighted by Gasteiger charge is 2.02. The molecule has 0 radical (unpaired) electrons. The van der Waals surface area contributed by atoms with Gasteiger partial charge in [0.05, 0.1) is 6.61 Å². The zero-order valence-electron chi connectivity index (χ0n) is 12.4. The van der Waals surface area contributed by atoms with Crippen molar-refractivity contribution >= 4 is 28.9 Å². The van der Waals surface area contributed by atoms with Gasteiger partial charge in [0.15, 0.2) is 0 Å². The van der Waals surface area contributed by atoms with Gasteiger partial charge in [-0.05, 0) is 36.8 Å². The van der Waals surface area contributed by atoms with Crippen LogP contribution in [0.5, 0.6) is 5.75 Å². The van der Waals surface area contributed by atoms with Crippen molar-refractivity contribution in [3.63, 3.8) is 0 Å². The van der Waals surface area contributed by atoms with Crippen molar-refractivity contribution in [1.29, 1.82) is 0 Å². The van der Waals surface area contributed by atoms with Crippen LogP contribution >= 0.6 is 23.2 Å². The van der Waals surface area contributed by atoms with Crippen molar-refractivity contribution in [3.05, 3.63) is 58.1 Å². The molecule has 0 aliphatic rings. The Morgan fingerprint density at radius 2 is 1.91 bits per heavy atom. The van der Waals surface area contributed by atoms with Crippen LogP contribution < -0.4 is 10.1 Å². The quantitative estimate of drug-likeness (QED) is 0.685. The van der Waals surface area contributed by atoms with Crippen molar-refractivity contribution in [2.45, 2.75) is 13.5 Å². The maximum absolute atomic E-state index is 6.16. The number of halogens is 2. The van der Waals surface area contributed by atoms with E-state index in [2.05, 4.69) is 5.32 Å². The summed E-state index contributed by atoms with van der Waals surface area (Å²) in [7, 11) is 0. The second-order valence-corrected chi connectivity index (χ2v) is 5.51. The first kappa shape index (κ1) is 16.9. The lowest BCUT2D eigenvalue weighted by Gasteiger charge is -2.11. The van der Waals surface area contributed by atoms with E-state index in [1.54, 1.807) is 6.07 Å². The molecule has 2 aromatic carbocycles. The van der Waals surface area contributed by atoms with Gasteiger partial charge in [0.25, 0.3) is 0 Å². The number of benzene rings is 2. The monoisotopic (exact) mass is 339 g/mol. The van der Waals surface area contributed by atoms with Crippen molar-refractivity contribution in [2.24, 2.45) is 0 Å².